The number of hydrogen-bond donors (Lipinski definition) is 1. The van der Waals surface area contributed by atoms with Gasteiger partial charge in [-0.05, 0) is 43.5 Å². The Morgan fingerprint density at radius 1 is 1.12 bits per heavy atom. The van der Waals surface area contributed by atoms with E-state index in [1.54, 1.807) is 7.11 Å². The van der Waals surface area contributed by atoms with Crippen LogP contribution in [0.4, 0.5) is 0 Å². The van der Waals surface area contributed by atoms with Gasteiger partial charge < -0.3 is 14.8 Å². The first-order valence-electron chi connectivity index (χ1n) is 8.31. The van der Waals surface area contributed by atoms with E-state index in [0.717, 1.165) is 24.1 Å². The van der Waals surface area contributed by atoms with Crippen molar-refractivity contribution in [3.05, 3.63) is 58.1 Å². The molecule has 1 N–H and O–H groups in total. The predicted octanol–water partition coefficient (Wildman–Crippen LogP) is 5.12. The third-order valence-corrected chi connectivity index (χ3v) is 4.34. The second-order valence-electron chi connectivity index (χ2n) is 6.07. The molecule has 2 aromatic carbocycles. The highest BCUT2D eigenvalue weighted by molar-refractivity contribution is 6.32. The summed E-state index contributed by atoms with van der Waals surface area (Å²) in [5.41, 5.74) is 3.41. The summed E-state index contributed by atoms with van der Waals surface area (Å²) in [5, 5.41) is 4.03. The molecule has 24 heavy (non-hydrogen) atoms. The van der Waals surface area contributed by atoms with E-state index in [9.17, 15) is 0 Å². The van der Waals surface area contributed by atoms with Crippen molar-refractivity contribution in [3.8, 4) is 11.5 Å². The summed E-state index contributed by atoms with van der Waals surface area (Å²) in [5.74, 6) is 1.25. The third kappa shape index (κ3) is 5.15. The van der Waals surface area contributed by atoms with E-state index in [1.165, 1.54) is 5.56 Å². The van der Waals surface area contributed by atoms with Gasteiger partial charge in [0.2, 0.25) is 0 Å². The standard InChI is InChI=1S/C20H26ClNO2/c1-5-15(3)22-12-17-10-18(21)20(19(11-17)23-4)24-13-16-8-6-14(2)7-9-16/h6-11,15,22H,5,12-13H2,1-4H3/t15-/m0/s1. The topological polar surface area (TPSA) is 30.5 Å². The van der Waals surface area contributed by atoms with Crippen molar-refractivity contribution in [1.29, 1.82) is 0 Å². The quantitative estimate of drug-likeness (QED) is 0.718. The zero-order chi connectivity index (χ0) is 17.5. The van der Waals surface area contributed by atoms with Crippen LogP contribution in [0.5, 0.6) is 11.5 Å². The monoisotopic (exact) mass is 347 g/mol. The maximum atomic E-state index is 6.42. The Morgan fingerprint density at radius 2 is 1.83 bits per heavy atom. The molecule has 0 unspecified atom stereocenters. The van der Waals surface area contributed by atoms with Crippen LogP contribution in [0.1, 0.15) is 37.0 Å². The summed E-state index contributed by atoms with van der Waals surface area (Å²) in [6.45, 7) is 7.60. The normalized spacial score (nSPS) is 12.0. The minimum absolute atomic E-state index is 0.459. The van der Waals surface area contributed by atoms with E-state index >= 15 is 0 Å². The molecular weight excluding hydrogens is 322 g/mol. The van der Waals surface area contributed by atoms with Gasteiger partial charge in [0.15, 0.2) is 11.5 Å². The number of aryl methyl sites for hydroxylation is 1. The predicted molar refractivity (Wildman–Crippen MR) is 100 cm³/mol. The van der Waals surface area contributed by atoms with E-state index in [2.05, 4.69) is 50.4 Å². The van der Waals surface area contributed by atoms with Crippen LogP contribution in [0.25, 0.3) is 0 Å². The minimum Gasteiger partial charge on any atom is -0.493 e. The number of methoxy groups -OCH3 is 1. The van der Waals surface area contributed by atoms with Crippen molar-refractivity contribution in [2.24, 2.45) is 0 Å². The van der Waals surface area contributed by atoms with Gasteiger partial charge in [0.1, 0.15) is 6.61 Å². The van der Waals surface area contributed by atoms with Gasteiger partial charge in [0.05, 0.1) is 12.1 Å². The van der Waals surface area contributed by atoms with Crippen molar-refractivity contribution >= 4 is 11.6 Å². The van der Waals surface area contributed by atoms with Gasteiger partial charge in [-0.15, -0.1) is 0 Å². The maximum Gasteiger partial charge on any atom is 0.180 e. The molecule has 4 heteroatoms. The third-order valence-electron chi connectivity index (χ3n) is 4.06. The Balaban J connectivity index is 2.10. The number of nitrogens with one attached hydrogen (secondary N) is 1. The van der Waals surface area contributed by atoms with Gasteiger partial charge in [-0.1, -0.05) is 48.4 Å². The second-order valence-corrected chi connectivity index (χ2v) is 6.48. The Morgan fingerprint density at radius 3 is 2.46 bits per heavy atom. The minimum atomic E-state index is 0.459. The van der Waals surface area contributed by atoms with E-state index in [1.807, 2.05) is 12.1 Å². The lowest BCUT2D eigenvalue weighted by atomic mass is 10.1. The Kier molecular flexibility index (Phi) is 6.95. The van der Waals surface area contributed by atoms with Crippen molar-refractivity contribution in [2.45, 2.75) is 46.4 Å². The lowest BCUT2D eigenvalue weighted by Crippen LogP contribution is -2.24. The van der Waals surface area contributed by atoms with Crippen LogP contribution in [-0.2, 0) is 13.2 Å². The molecule has 0 fully saturated rings. The summed E-state index contributed by atoms with van der Waals surface area (Å²) in [4.78, 5) is 0. The smallest absolute Gasteiger partial charge is 0.180 e. The summed E-state index contributed by atoms with van der Waals surface area (Å²) >= 11 is 6.42. The lowest BCUT2D eigenvalue weighted by Gasteiger charge is -2.16. The van der Waals surface area contributed by atoms with Crippen LogP contribution in [0, 0.1) is 6.92 Å². The molecule has 2 rings (SSSR count). The number of hydrogen-bond acceptors (Lipinski definition) is 3. The van der Waals surface area contributed by atoms with E-state index in [4.69, 9.17) is 21.1 Å². The van der Waals surface area contributed by atoms with Gasteiger partial charge in [-0.25, -0.2) is 0 Å². The van der Waals surface area contributed by atoms with Gasteiger partial charge >= 0.3 is 0 Å². The molecule has 1 atom stereocenters. The first kappa shape index (κ1) is 18.6. The zero-order valence-corrected chi connectivity index (χ0v) is 15.6. The number of halogens is 1. The number of ether oxygens (including phenoxy) is 2. The Bertz CT molecular complexity index is 655. The van der Waals surface area contributed by atoms with Crippen molar-refractivity contribution in [3.63, 3.8) is 0 Å². The molecule has 3 nitrogen and oxygen atoms in total. The van der Waals surface area contributed by atoms with Gasteiger partial charge in [0, 0.05) is 12.6 Å². The summed E-state index contributed by atoms with van der Waals surface area (Å²) in [6.07, 6.45) is 1.09. The first-order valence-corrected chi connectivity index (χ1v) is 8.69. The molecule has 130 valence electrons. The van der Waals surface area contributed by atoms with Gasteiger partial charge in [0.25, 0.3) is 0 Å². The molecule has 0 aliphatic carbocycles. The highest BCUT2D eigenvalue weighted by Crippen LogP contribution is 2.37. The largest absolute Gasteiger partial charge is 0.493 e. The molecule has 0 heterocycles. The fraction of sp³-hybridized carbons (Fsp3) is 0.400. The van der Waals surface area contributed by atoms with Crippen LogP contribution >= 0.6 is 11.6 Å². The zero-order valence-electron chi connectivity index (χ0n) is 14.9. The summed E-state index contributed by atoms with van der Waals surface area (Å²) in [7, 11) is 1.64. The molecule has 0 aliphatic rings. The van der Waals surface area contributed by atoms with E-state index in [0.29, 0.717) is 29.2 Å². The molecule has 2 aromatic rings. The molecular formula is C20H26ClNO2. The molecule has 0 radical (unpaired) electrons. The number of rotatable bonds is 8. The lowest BCUT2D eigenvalue weighted by molar-refractivity contribution is 0.284. The van der Waals surface area contributed by atoms with Crippen LogP contribution in [0.15, 0.2) is 36.4 Å². The molecule has 0 aliphatic heterocycles. The van der Waals surface area contributed by atoms with Crippen LogP contribution in [0.3, 0.4) is 0 Å². The maximum absolute atomic E-state index is 6.42. The Labute approximate surface area is 149 Å². The fourth-order valence-electron chi connectivity index (χ4n) is 2.29. The second kappa shape index (κ2) is 8.95. The van der Waals surface area contributed by atoms with Crippen LogP contribution in [0.2, 0.25) is 5.02 Å². The summed E-state index contributed by atoms with van der Waals surface area (Å²) in [6, 6.07) is 12.6. The highest BCUT2D eigenvalue weighted by Gasteiger charge is 2.13. The SMILES string of the molecule is CC[C@H](C)NCc1cc(Cl)c(OCc2ccc(C)cc2)c(OC)c1. The highest BCUT2D eigenvalue weighted by atomic mass is 35.5. The average molecular weight is 348 g/mol. The van der Waals surface area contributed by atoms with E-state index < -0.39 is 0 Å². The van der Waals surface area contributed by atoms with Crippen LogP contribution in [-0.4, -0.2) is 13.2 Å². The van der Waals surface area contributed by atoms with Crippen molar-refractivity contribution < 1.29 is 9.47 Å². The fourth-order valence-corrected chi connectivity index (χ4v) is 2.58. The molecule has 0 spiro atoms. The van der Waals surface area contributed by atoms with Gasteiger partial charge in [-0.2, -0.15) is 0 Å². The molecule has 0 amide bonds. The first-order chi connectivity index (χ1) is 11.5. The molecule has 0 aromatic heterocycles. The Hall–Kier alpha value is -1.71. The van der Waals surface area contributed by atoms with Gasteiger partial charge in [-0.3, -0.25) is 0 Å². The molecule has 0 saturated heterocycles. The average Bonchev–Trinajstić information content (AvgIpc) is 2.59. The summed E-state index contributed by atoms with van der Waals surface area (Å²) < 4.78 is 11.4. The van der Waals surface area contributed by atoms with Crippen molar-refractivity contribution in [2.75, 3.05) is 7.11 Å². The molecule has 0 saturated carbocycles. The van der Waals surface area contributed by atoms with Crippen molar-refractivity contribution in [1.82, 2.24) is 5.32 Å². The molecule has 0 bridgehead atoms. The van der Waals surface area contributed by atoms with E-state index in [-0.39, 0.29) is 0 Å². The van der Waals surface area contributed by atoms with Crippen LogP contribution < -0.4 is 14.8 Å². The number of benzene rings is 2.